The summed E-state index contributed by atoms with van der Waals surface area (Å²) in [5, 5.41) is 4.65. The smallest absolute Gasteiger partial charge is 0.344 e. The fraction of sp³-hybridized carbons (Fsp3) is 0.154. The quantitative estimate of drug-likeness (QED) is 0.387. The second kappa shape index (κ2) is 8.46. The fourth-order valence-corrected chi connectivity index (χ4v) is 3.67. The minimum absolute atomic E-state index is 0.220. The Balaban J connectivity index is 1.61. The zero-order valence-electron chi connectivity index (χ0n) is 17.6. The molecule has 3 aromatic carbocycles. The Morgan fingerprint density at radius 3 is 2.34 bits per heavy atom. The number of rotatable bonds is 4. The third-order valence-electron chi connectivity index (χ3n) is 5.37. The summed E-state index contributed by atoms with van der Waals surface area (Å²) in [6, 6.07) is 21.4. The van der Waals surface area contributed by atoms with Gasteiger partial charge in [0, 0.05) is 11.3 Å². The molecule has 0 radical (unpaired) electrons. The molecule has 3 nitrogen and oxygen atoms in total. The molecule has 162 valence electrons. The van der Waals surface area contributed by atoms with Crippen LogP contribution in [0.25, 0.3) is 21.9 Å². The second-order valence-corrected chi connectivity index (χ2v) is 7.72. The van der Waals surface area contributed by atoms with Gasteiger partial charge in [-0.05, 0) is 72.1 Å². The number of pyridine rings is 1. The van der Waals surface area contributed by atoms with Gasteiger partial charge in [0.1, 0.15) is 0 Å². The molecule has 1 atom stereocenters. The molecule has 4 aromatic rings. The van der Waals surface area contributed by atoms with E-state index in [1.807, 2.05) is 56.3 Å². The van der Waals surface area contributed by atoms with Crippen LogP contribution >= 0.6 is 0 Å². The van der Waals surface area contributed by atoms with Gasteiger partial charge >= 0.3 is 6.18 Å². The topological polar surface area (TPSA) is 42.0 Å². The molecule has 1 N–H and O–H groups in total. The van der Waals surface area contributed by atoms with Crippen LogP contribution in [-0.4, -0.2) is 10.9 Å². The van der Waals surface area contributed by atoms with E-state index in [1.165, 1.54) is 12.1 Å². The summed E-state index contributed by atoms with van der Waals surface area (Å²) in [6.45, 7) is 3.78. The Morgan fingerprint density at radius 1 is 0.938 bits per heavy atom. The van der Waals surface area contributed by atoms with Gasteiger partial charge in [-0.15, -0.1) is 0 Å². The van der Waals surface area contributed by atoms with Crippen LogP contribution in [0.5, 0.6) is 0 Å². The van der Waals surface area contributed by atoms with Gasteiger partial charge < -0.3 is 5.32 Å². The highest BCUT2D eigenvalue weighted by molar-refractivity contribution is 6.02. The van der Waals surface area contributed by atoms with Crippen molar-refractivity contribution >= 4 is 16.7 Å². The summed E-state index contributed by atoms with van der Waals surface area (Å²) in [5.74, 6) is -0.220. The van der Waals surface area contributed by atoms with Crippen LogP contribution in [0.2, 0.25) is 0 Å². The predicted molar refractivity (Wildman–Crippen MR) is 119 cm³/mol. The molecule has 0 unspecified atom stereocenters. The zero-order chi connectivity index (χ0) is 22.9. The third kappa shape index (κ3) is 4.49. The first-order chi connectivity index (χ1) is 15.2. The maximum absolute atomic E-state index is 12.9. The first-order valence-electron chi connectivity index (χ1n) is 10.2. The number of carbonyl (C=O) groups excluding carboxylic acids is 1. The van der Waals surface area contributed by atoms with Gasteiger partial charge in [0.05, 0.1) is 17.3 Å². The van der Waals surface area contributed by atoms with Crippen LogP contribution in [-0.2, 0) is 6.18 Å². The van der Waals surface area contributed by atoms with E-state index in [1.54, 1.807) is 12.1 Å². The molecule has 0 bridgehead atoms. The lowest BCUT2D eigenvalue weighted by molar-refractivity contribution is -0.137. The van der Waals surface area contributed by atoms with Crippen molar-refractivity contribution in [2.45, 2.75) is 26.1 Å². The average molecular weight is 434 g/mol. The third-order valence-corrected chi connectivity index (χ3v) is 5.37. The Labute approximate surface area is 183 Å². The minimum Gasteiger partial charge on any atom is -0.344 e. The Kier molecular flexibility index (Phi) is 5.70. The molecule has 0 saturated heterocycles. The number of hydrogen-bond donors (Lipinski definition) is 1. The Morgan fingerprint density at radius 2 is 1.66 bits per heavy atom. The highest BCUT2D eigenvalue weighted by atomic mass is 19.4. The molecule has 1 heterocycles. The number of alkyl halides is 3. The molecule has 0 aliphatic heterocycles. The van der Waals surface area contributed by atoms with Gasteiger partial charge in [-0.3, -0.25) is 9.78 Å². The van der Waals surface area contributed by atoms with Gasteiger partial charge in [-0.1, -0.05) is 42.5 Å². The van der Waals surface area contributed by atoms with Crippen molar-refractivity contribution in [2.24, 2.45) is 0 Å². The number of amides is 1. The molecular weight excluding hydrogens is 413 g/mol. The Hall–Kier alpha value is -3.67. The van der Waals surface area contributed by atoms with Gasteiger partial charge in [0.25, 0.3) is 5.91 Å². The summed E-state index contributed by atoms with van der Waals surface area (Å²) < 4.78 is 38.6. The average Bonchev–Trinajstić information content (AvgIpc) is 2.77. The maximum atomic E-state index is 12.9. The van der Waals surface area contributed by atoms with Crippen LogP contribution in [0.15, 0.2) is 78.9 Å². The lowest BCUT2D eigenvalue weighted by Crippen LogP contribution is -2.27. The summed E-state index contributed by atoms with van der Waals surface area (Å²) in [7, 11) is 0. The lowest BCUT2D eigenvalue weighted by atomic mass is 9.96. The number of benzene rings is 3. The molecular formula is C26H21F3N2O. The molecule has 32 heavy (non-hydrogen) atoms. The number of hydrogen-bond acceptors (Lipinski definition) is 2. The van der Waals surface area contributed by atoms with Gasteiger partial charge in [0.15, 0.2) is 0 Å². The minimum atomic E-state index is -4.37. The predicted octanol–water partition coefficient (Wildman–Crippen LogP) is 6.72. The zero-order valence-corrected chi connectivity index (χ0v) is 17.6. The number of fused-ring (bicyclic) bond motifs is 1. The molecule has 0 spiro atoms. The maximum Gasteiger partial charge on any atom is 0.416 e. The van der Waals surface area contributed by atoms with Gasteiger partial charge in [0.2, 0.25) is 0 Å². The summed E-state index contributed by atoms with van der Waals surface area (Å²) in [6.07, 6.45) is -4.37. The number of aromatic nitrogens is 1. The van der Waals surface area contributed by atoms with E-state index < -0.39 is 11.7 Å². The van der Waals surface area contributed by atoms with Crippen LogP contribution in [0, 0.1) is 6.92 Å². The second-order valence-electron chi connectivity index (χ2n) is 7.72. The van der Waals surface area contributed by atoms with Crippen LogP contribution in [0.3, 0.4) is 0 Å². The number of carbonyl (C=O) groups is 1. The molecule has 4 rings (SSSR count). The first-order valence-corrected chi connectivity index (χ1v) is 10.2. The van der Waals surface area contributed by atoms with E-state index in [2.05, 4.69) is 10.3 Å². The molecule has 6 heteroatoms. The first kappa shape index (κ1) is 21.6. The largest absolute Gasteiger partial charge is 0.416 e. The number of nitrogens with one attached hydrogen (secondary N) is 1. The van der Waals surface area contributed by atoms with E-state index in [4.69, 9.17) is 0 Å². The van der Waals surface area contributed by atoms with Crippen molar-refractivity contribution in [1.29, 1.82) is 0 Å². The van der Waals surface area contributed by atoms with Crippen LogP contribution in [0.4, 0.5) is 13.2 Å². The van der Waals surface area contributed by atoms with Crippen molar-refractivity contribution in [3.63, 3.8) is 0 Å². The van der Waals surface area contributed by atoms with Crippen molar-refractivity contribution in [3.05, 3.63) is 101 Å². The SMILES string of the molecule is Cc1cccc([C@H](C)NC(=O)c2ccc3c(-c4ccc(C(F)(F)F)cc4)cccc3c2)n1. The molecule has 1 amide bonds. The van der Waals surface area contributed by atoms with E-state index in [-0.39, 0.29) is 11.9 Å². The normalized spacial score (nSPS) is 12.5. The van der Waals surface area contributed by atoms with E-state index in [0.29, 0.717) is 11.1 Å². The van der Waals surface area contributed by atoms with E-state index >= 15 is 0 Å². The molecule has 0 saturated carbocycles. The van der Waals surface area contributed by atoms with Crippen molar-refractivity contribution < 1.29 is 18.0 Å². The Bertz CT molecular complexity index is 1280. The standard InChI is InChI=1S/C26H21F3N2O/c1-16-5-3-8-24(30-16)17(2)31-25(32)20-11-14-23-19(15-20)6-4-7-22(23)18-9-12-21(13-10-18)26(27,28)29/h3-15,17H,1-2H3,(H,31,32)/t17-/m0/s1. The highest BCUT2D eigenvalue weighted by Crippen LogP contribution is 2.33. The van der Waals surface area contributed by atoms with Crippen LogP contribution < -0.4 is 5.32 Å². The molecule has 0 fully saturated rings. The van der Waals surface area contributed by atoms with E-state index in [0.717, 1.165) is 39.9 Å². The summed E-state index contributed by atoms with van der Waals surface area (Å²) in [5.41, 5.74) is 2.97. The fourth-order valence-electron chi connectivity index (χ4n) is 3.67. The van der Waals surface area contributed by atoms with Gasteiger partial charge in [-0.2, -0.15) is 13.2 Å². The number of aryl methyl sites for hydroxylation is 1. The molecule has 0 aliphatic rings. The van der Waals surface area contributed by atoms with Crippen molar-refractivity contribution in [2.75, 3.05) is 0 Å². The summed E-state index contributed by atoms with van der Waals surface area (Å²) in [4.78, 5) is 17.2. The lowest BCUT2D eigenvalue weighted by Gasteiger charge is -2.15. The summed E-state index contributed by atoms with van der Waals surface area (Å²) >= 11 is 0. The number of halogens is 3. The molecule has 1 aromatic heterocycles. The van der Waals surface area contributed by atoms with E-state index in [9.17, 15) is 18.0 Å². The number of nitrogens with zero attached hydrogens (tertiary/aromatic N) is 1. The molecule has 0 aliphatic carbocycles. The van der Waals surface area contributed by atoms with Crippen molar-refractivity contribution in [3.8, 4) is 11.1 Å². The highest BCUT2D eigenvalue weighted by Gasteiger charge is 2.30. The van der Waals surface area contributed by atoms with Crippen molar-refractivity contribution in [1.82, 2.24) is 10.3 Å². The van der Waals surface area contributed by atoms with Crippen LogP contribution in [0.1, 0.15) is 40.3 Å². The monoisotopic (exact) mass is 434 g/mol. The van der Waals surface area contributed by atoms with Gasteiger partial charge in [-0.25, -0.2) is 0 Å².